The highest BCUT2D eigenvalue weighted by molar-refractivity contribution is 5.72. The Morgan fingerprint density at radius 3 is 2.92 bits per heavy atom. The summed E-state index contributed by atoms with van der Waals surface area (Å²) in [5, 5.41) is 10.0. The van der Waals surface area contributed by atoms with Crippen LogP contribution < -0.4 is 4.74 Å². The Labute approximate surface area is 149 Å². The molecule has 1 aliphatic carbocycles. The molecule has 7 heteroatoms. The van der Waals surface area contributed by atoms with E-state index in [0.29, 0.717) is 12.3 Å². The maximum Gasteiger partial charge on any atom is 0.416 e. The quantitative estimate of drug-likeness (QED) is 0.636. The van der Waals surface area contributed by atoms with E-state index in [4.69, 9.17) is 9.47 Å². The first-order chi connectivity index (χ1) is 12.2. The van der Waals surface area contributed by atoms with Crippen LogP contribution >= 0.6 is 0 Å². The summed E-state index contributed by atoms with van der Waals surface area (Å²) in [6.45, 7) is 1.93. The Morgan fingerprint density at radius 2 is 2.19 bits per heavy atom. The molecule has 2 aliphatic rings. The van der Waals surface area contributed by atoms with Crippen LogP contribution in [0.5, 0.6) is 5.75 Å². The maximum absolute atomic E-state index is 12.7. The van der Waals surface area contributed by atoms with Crippen LogP contribution in [0.15, 0.2) is 36.4 Å². The summed E-state index contributed by atoms with van der Waals surface area (Å²) in [5.41, 5.74) is -0.795. The molecule has 2 fully saturated rings. The lowest BCUT2D eigenvalue weighted by atomic mass is 9.88. The van der Waals surface area contributed by atoms with E-state index in [-0.39, 0.29) is 36.3 Å². The molecular weight excluding hydrogens is 349 g/mol. The molecule has 1 N–H and O–H groups in total. The Bertz CT molecular complexity index is 686. The average Bonchev–Trinajstić information content (AvgIpc) is 3.05. The van der Waals surface area contributed by atoms with Crippen molar-refractivity contribution >= 4 is 5.97 Å². The van der Waals surface area contributed by atoms with Gasteiger partial charge in [0.25, 0.3) is 0 Å². The van der Waals surface area contributed by atoms with Gasteiger partial charge in [0.05, 0.1) is 12.0 Å². The van der Waals surface area contributed by atoms with Crippen molar-refractivity contribution in [2.24, 2.45) is 17.8 Å². The molecular formula is C19H21F3O4. The second-order valence-electron chi connectivity index (χ2n) is 6.98. The van der Waals surface area contributed by atoms with Crippen LogP contribution in [-0.4, -0.2) is 29.9 Å². The number of rotatable bonds is 5. The summed E-state index contributed by atoms with van der Waals surface area (Å²) < 4.78 is 48.6. The van der Waals surface area contributed by atoms with Gasteiger partial charge in [0, 0.05) is 5.92 Å². The monoisotopic (exact) mass is 370 g/mol. The Hall–Kier alpha value is -2.02. The molecule has 0 aromatic heterocycles. The highest BCUT2D eigenvalue weighted by Crippen LogP contribution is 2.45. The third-order valence-corrected chi connectivity index (χ3v) is 5.06. The SMILES string of the molecule is CC1CC2OC(=O)CC2C1/C=C/C(O)COc1cccc(C(F)(F)F)c1. The van der Waals surface area contributed by atoms with Crippen LogP contribution in [0.3, 0.4) is 0 Å². The lowest BCUT2D eigenvalue weighted by molar-refractivity contribution is -0.141. The number of carbonyl (C=O) groups excluding carboxylic acids is 1. The molecule has 5 atom stereocenters. The Kier molecular flexibility index (Phi) is 5.27. The molecule has 142 valence electrons. The topological polar surface area (TPSA) is 55.8 Å². The van der Waals surface area contributed by atoms with Crippen molar-refractivity contribution in [3.8, 4) is 5.75 Å². The predicted molar refractivity (Wildman–Crippen MR) is 87.3 cm³/mol. The van der Waals surface area contributed by atoms with Crippen molar-refractivity contribution in [3.05, 3.63) is 42.0 Å². The standard InChI is InChI=1S/C19H21F3O4/c1-11-7-17-16(9-18(24)26-17)15(11)6-5-13(23)10-25-14-4-2-3-12(8-14)19(20,21)22/h2-6,8,11,13,15-17,23H,7,9-10H2,1H3/b6-5+. The van der Waals surface area contributed by atoms with Gasteiger partial charge in [-0.3, -0.25) is 4.79 Å². The molecule has 0 spiro atoms. The van der Waals surface area contributed by atoms with Crippen LogP contribution in [0.2, 0.25) is 0 Å². The van der Waals surface area contributed by atoms with Crippen molar-refractivity contribution in [2.75, 3.05) is 6.61 Å². The van der Waals surface area contributed by atoms with Crippen LogP contribution in [-0.2, 0) is 15.7 Å². The third-order valence-electron chi connectivity index (χ3n) is 5.06. The molecule has 0 bridgehead atoms. The first-order valence-corrected chi connectivity index (χ1v) is 8.60. The average molecular weight is 370 g/mol. The van der Waals surface area contributed by atoms with Gasteiger partial charge in [-0.2, -0.15) is 13.2 Å². The predicted octanol–water partition coefficient (Wildman–Crippen LogP) is 3.59. The fourth-order valence-electron chi connectivity index (χ4n) is 3.77. The van der Waals surface area contributed by atoms with Crippen LogP contribution in [0.4, 0.5) is 13.2 Å². The minimum Gasteiger partial charge on any atom is -0.491 e. The number of aliphatic hydroxyl groups excluding tert-OH is 1. The first kappa shape index (κ1) is 18.8. The lowest BCUT2D eigenvalue weighted by Gasteiger charge is -2.16. The van der Waals surface area contributed by atoms with E-state index in [1.807, 2.05) is 6.08 Å². The highest BCUT2D eigenvalue weighted by atomic mass is 19.4. The summed E-state index contributed by atoms with van der Waals surface area (Å²) in [6.07, 6.45) is -0.784. The van der Waals surface area contributed by atoms with Gasteiger partial charge in [0.1, 0.15) is 24.6 Å². The maximum atomic E-state index is 12.7. The van der Waals surface area contributed by atoms with Crippen molar-refractivity contribution in [1.29, 1.82) is 0 Å². The molecule has 0 radical (unpaired) electrons. The van der Waals surface area contributed by atoms with Crippen LogP contribution in [0.1, 0.15) is 25.3 Å². The smallest absolute Gasteiger partial charge is 0.416 e. The van der Waals surface area contributed by atoms with Gasteiger partial charge in [-0.15, -0.1) is 0 Å². The zero-order valence-corrected chi connectivity index (χ0v) is 14.3. The normalized spacial score (nSPS) is 29.7. The molecule has 1 heterocycles. The molecule has 3 rings (SSSR count). The zero-order valence-electron chi connectivity index (χ0n) is 14.3. The Morgan fingerprint density at radius 1 is 1.42 bits per heavy atom. The van der Waals surface area contributed by atoms with E-state index in [2.05, 4.69) is 6.92 Å². The van der Waals surface area contributed by atoms with Gasteiger partial charge in [-0.1, -0.05) is 25.1 Å². The largest absolute Gasteiger partial charge is 0.491 e. The number of carbonyl (C=O) groups is 1. The first-order valence-electron chi connectivity index (χ1n) is 8.60. The summed E-state index contributed by atoms with van der Waals surface area (Å²) >= 11 is 0. The van der Waals surface area contributed by atoms with Crippen molar-refractivity contribution in [3.63, 3.8) is 0 Å². The summed E-state index contributed by atoms with van der Waals surface area (Å²) in [6, 6.07) is 4.54. The number of benzene rings is 1. The Balaban J connectivity index is 1.55. The van der Waals surface area contributed by atoms with Gasteiger partial charge >= 0.3 is 12.1 Å². The van der Waals surface area contributed by atoms with E-state index in [1.165, 1.54) is 12.1 Å². The third kappa shape index (κ3) is 4.20. The number of aliphatic hydroxyl groups is 1. The number of hydrogen-bond donors (Lipinski definition) is 1. The summed E-state index contributed by atoms with van der Waals surface area (Å²) in [4.78, 5) is 11.4. The summed E-state index contributed by atoms with van der Waals surface area (Å²) in [7, 11) is 0. The highest BCUT2D eigenvalue weighted by Gasteiger charge is 2.47. The second kappa shape index (κ2) is 7.31. The molecule has 5 unspecified atom stereocenters. The van der Waals surface area contributed by atoms with Gasteiger partial charge in [-0.25, -0.2) is 0 Å². The fraction of sp³-hybridized carbons (Fsp3) is 0.526. The summed E-state index contributed by atoms with van der Waals surface area (Å²) in [5.74, 6) is 0.473. The number of fused-ring (bicyclic) bond motifs is 1. The van der Waals surface area contributed by atoms with E-state index >= 15 is 0 Å². The van der Waals surface area contributed by atoms with E-state index in [1.54, 1.807) is 6.08 Å². The van der Waals surface area contributed by atoms with Crippen LogP contribution in [0, 0.1) is 17.8 Å². The van der Waals surface area contributed by atoms with Crippen molar-refractivity contribution in [1.82, 2.24) is 0 Å². The molecule has 1 aliphatic heterocycles. The van der Waals surface area contributed by atoms with E-state index in [9.17, 15) is 23.1 Å². The fourth-order valence-corrected chi connectivity index (χ4v) is 3.77. The molecule has 1 saturated carbocycles. The molecule has 1 aromatic rings. The second-order valence-corrected chi connectivity index (χ2v) is 6.98. The van der Waals surface area contributed by atoms with Crippen molar-refractivity contribution < 1.29 is 32.5 Å². The minimum absolute atomic E-state index is 0.0503. The lowest BCUT2D eigenvalue weighted by Crippen LogP contribution is -2.18. The van der Waals surface area contributed by atoms with Crippen LogP contribution in [0.25, 0.3) is 0 Å². The van der Waals surface area contributed by atoms with E-state index < -0.39 is 17.8 Å². The number of hydrogen-bond acceptors (Lipinski definition) is 4. The number of allylic oxidation sites excluding steroid dienone is 1. The molecule has 0 amide bonds. The number of ether oxygens (including phenoxy) is 2. The molecule has 1 saturated heterocycles. The molecule has 4 nitrogen and oxygen atoms in total. The zero-order chi connectivity index (χ0) is 18.9. The number of esters is 1. The van der Waals surface area contributed by atoms with Gasteiger partial charge in [0.2, 0.25) is 0 Å². The van der Waals surface area contributed by atoms with Gasteiger partial charge < -0.3 is 14.6 Å². The molecule has 1 aromatic carbocycles. The number of halogens is 3. The molecule has 26 heavy (non-hydrogen) atoms. The minimum atomic E-state index is -4.44. The van der Waals surface area contributed by atoms with Gasteiger partial charge in [0.15, 0.2) is 0 Å². The van der Waals surface area contributed by atoms with E-state index in [0.717, 1.165) is 18.6 Å². The number of alkyl halides is 3. The van der Waals surface area contributed by atoms with Crippen molar-refractivity contribution in [2.45, 2.75) is 38.1 Å². The van der Waals surface area contributed by atoms with Gasteiger partial charge in [-0.05, 0) is 36.5 Å².